The van der Waals surface area contributed by atoms with E-state index >= 15 is 4.39 Å². The van der Waals surface area contributed by atoms with Crippen molar-refractivity contribution in [2.45, 2.75) is 58.4 Å². The molecule has 3 aromatic rings. The number of nitrogens with zero attached hydrogens (tertiary/aromatic N) is 2. The minimum atomic E-state index is -4.59. The van der Waals surface area contributed by atoms with Gasteiger partial charge in [-0.15, -0.1) is 0 Å². The Kier molecular flexibility index (Phi) is 8.32. The second kappa shape index (κ2) is 11.0. The molecule has 0 saturated carbocycles. The highest BCUT2D eigenvalue weighted by molar-refractivity contribution is 7.90. The Morgan fingerprint density at radius 3 is 2.46 bits per heavy atom. The van der Waals surface area contributed by atoms with Gasteiger partial charge in [-0.3, -0.25) is 0 Å². The molecule has 3 rings (SSSR count). The van der Waals surface area contributed by atoms with Crippen molar-refractivity contribution in [1.29, 1.82) is 0 Å². The van der Waals surface area contributed by atoms with Crippen LogP contribution in [0.4, 0.5) is 9.18 Å². The molecule has 0 atom stereocenters. The highest BCUT2D eigenvalue weighted by atomic mass is 32.2. The van der Waals surface area contributed by atoms with Crippen LogP contribution in [0.2, 0.25) is 0 Å². The number of ether oxygens (including phenoxy) is 1. The van der Waals surface area contributed by atoms with Gasteiger partial charge in [-0.05, 0) is 36.5 Å². The van der Waals surface area contributed by atoms with Crippen molar-refractivity contribution in [3.63, 3.8) is 0 Å². The molecular formula is C26H32FN3O4S. The predicted octanol–water partition coefficient (Wildman–Crippen LogP) is 5.49. The van der Waals surface area contributed by atoms with Gasteiger partial charge in [0.15, 0.2) is 0 Å². The van der Waals surface area contributed by atoms with Crippen molar-refractivity contribution in [2.75, 3.05) is 6.61 Å². The summed E-state index contributed by atoms with van der Waals surface area (Å²) < 4.78 is 51.5. The minimum absolute atomic E-state index is 0.0213. The first-order valence-corrected chi connectivity index (χ1v) is 13.1. The zero-order chi connectivity index (χ0) is 25.8. The molecule has 0 fully saturated rings. The summed E-state index contributed by atoms with van der Waals surface area (Å²) in [5.74, 6) is 0.173. The molecule has 7 nitrogen and oxygen atoms in total. The van der Waals surface area contributed by atoms with Gasteiger partial charge in [0, 0.05) is 29.4 Å². The molecule has 9 heteroatoms. The molecule has 0 unspecified atom stereocenters. The topological polar surface area (TPSA) is 90.3 Å². The number of rotatable bonds is 9. The van der Waals surface area contributed by atoms with Crippen LogP contribution in [0.25, 0.3) is 11.1 Å². The Morgan fingerprint density at radius 1 is 1.17 bits per heavy atom. The SMILES string of the molecule is CCOC(=O)NS(=O)(=O)c1c(-c2ccccc2)cc(CC(C)C)c(Cn2ccnc2C(C)C)c1F. The highest BCUT2D eigenvalue weighted by Gasteiger charge is 2.31. The standard InChI is InChI=1S/C26H32FN3O4S/c1-6-34-26(31)29-35(32,33)24-21(19-10-8-7-9-11-19)15-20(14-17(2)3)22(23(24)27)16-30-13-12-28-25(30)18(4)5/h7-13,15,17-18H,6,14,16H2,1-5H3,(H,29,31). The van der Waals surface area contributed by atoms with E-state index in [1.54, 1.807) is 55.7 Å². The molecule has 1 N–H and O–H groups in total. The molecule has 0 radical (unpaired) electrons. The van der Waals surface area contributed by atoms with Gasteiger partial charge in [-0.1, -0.05) is 58.0 Å². The highest BCUT2D eigenvalue weighted by Crippen LogP contribution is 2.35. The van der Waals surface area contributed by atoms with E-state index < -0.39 is 26.8 Å². The van der Waals surface area contributed by atoms with Crippen LogP contribution in [-0.2, 0) is 27.7 Å². The van der Waals surface area contributed by atoms with Crippen LogP contribution < -0.4 is 4.72 Å². The van der Waals surface area contributed by atoms with Gasteiger partial charge in [-0.25, -0.2) is 27.3 Å². The summed E-state index contributed by atoms with van der Waals surface area (Å²) in [6.45, 7) is 9.66. The zero-order valence-corrected chi connectivity index (χ0v) is 21.5. The normalized spacial score (nSPS) is 11.8. The number of nitrogens with one attached hydrogen (secondary N) is 1. The van der Waals surface area contributed by atoms with Crippen LogP contribution in [0, 0.1) is 11.7 Å². The lowest BCUT2D eigenvalue weighted by Crippen LogP contribution is -2.32. The number of aromatic nitrogens is 2. The molecule has 2 aromatic carbocycles. The van der Waals surface area contributed by atoms with E-state index in [2.05, 4.69) is 4.98 Å². The molecule has 0 bridgehead atoms. The second-order valence-electron chi connectivity index (χ2n) is 9.06. The number of imidazole rings is 1. The Balaban J connectivity index is 2.29. The van der Waals surface area contributed by atoms with Crippen LogP contribution in [0.1, 0.15) is 57.5 Å². The third-order valence-corrected chi connectivity index (χ3v) is 6.85. The van der Waals surface area contributed by atoms with E-state index in [1.165, 1.54) is 0 Å². The lowest BCUT2D eigenvalue weighted by Gasteiger charge is -2.21. The maximum atomic E-state index is 16.4. The number of hydrogen-bond acceptors (Lipinski definition) is 5. The third-order valence-electron chi connectivity index (χ3n) is 5.48. The van der Waals surface area contributed by atoms with Crippen molar-refractivity contribution < 1.29 is 22.3 Å². The van der Waals surface area contributed by atoms with Gasteiger partial charge in [0.05, 0.1) is 13.2 Å². The van der Waals surface area contributed by atoms with Crippen molar-refractivity contribution in [3.05, 3.63) is 71.6 Å². The fourth-order valence-corrected chi connectivity index (χ4v) is 5.26. The lowest BCUT2D eigenvalue weighted by atomic mass is 9.92. The van der Waals surface area contributed by atoms with Gasteiger partial charge in [-0.2, -0.15) is 0 Å². The quantitative estimate of drug-likeness (QED) is 0.418. The summed E-state index contributed by atoms with van der Waals surface area (Å²) in [5.41, 5.74) is 1.67. The molecule has 0 aliphatic carbocycles. The van der Waals surface area contributed by atoms with E-state index in [-0.39, 0.29) is 36.1 Å². The number of hydrogen-bond donors (Lipinski definition) is 1. The number of carbonyl (C=O) groups is 1. The smallest absolute Gasteiger partial charge is 0.421 e. The van der Waals surface area contributed by atoms with E-state index in [0.717, 1.165) is 5.82 Å². The summed E-state index contributed by atoms with van der Waals surface area (Å²) in [7, 11) is -4.59. The fourth-order valence-electron chi connectivity index (χ4n) is 4.06. The summed E-state index contributed by atoms with van der Waals surface area (Å²) >= 11 is 0. The van der Waals surface area contributed by atoms with E-state index in [1.807, 2.05) is 37.0 Å². The molecule has 188 valence electrons. The number of amides is 1. The van der Waals surface area contributed by atoms with Crippen LogP contribution >= 0.6 is 0 Å². The van der Waals surface area contributed by atoms with Crippen molar-refractivity contribution in [2.24, 2.45) is 5.92 Å². The number of benzene rings is 2. The number of halogens is 1. The van der Waals surface area contributed by atoms with Crippen LogP contribution in [-0.4, -0.2) is 30.7 Å². The summed E-state index contributed by atoms with van der Waals surface area (Å²) in [6, 6.07) is 10.4. The predicted molar refractivity (Wildman–Crippen MR) is 133 cm³/mol. The third kappa shape index (κ3) is 6.08. The van der Waals surface area contributed by atoms with Gasteiger partial charge in [0.1, 0.15) is 16.5 Å². The Labute approximate surface area is 206 Å². The molecule has 1 amide bonds. The average Bonchev–Trinajstić information content (AvgIpc) is 3.24. The Morgan fingerprint density at radius 2 is 1.86 bits per heavy atom. The first-order chi connectivity index (χ1) is 16.5. The van der Waals surface area contributed by atoms with Crippen molar-refractivity contribution in [1.82, 2.24) is 14.3 Å². The second-order valence-corrected chi connectivity index (χ2v) is 10.7. The van der Waals surface area contributed by atoms with Gasteiger partial charge in [0.2, 0.25) is 0 Å². The lowest BCUT2D eigenvalue weighted by molar-refractivity contribution is 0.158. The number of carbonyl (C=O) groups excluding carboxylic acids is 1. The molecule has 0 aliphatic rings. The maximum Gasteiger partial charge on any atom is 0.421 e. The van der Waals surface area contributed by atoms with Crippen molar-refractivity contribution >= 4 is 16.1 Å². The molecule has 0 aliphatic heterocycles. The van der Waals surface area contributed by atoms with Gasteiger partial charge in [0.25, 0.3) is 10.0 Å². The monoisotopic (exact) mass is 501 g/mol. The molecule has 1 aromatic heterocycles. The van der Waals surface area contributed by atoms with E-state index in [4.69, 9.17) is 4.74 Å². The zero-order valence-electron chi connectivity index (χ0n) is 20.7. The Hall–Kier alpha value is -3.20. The number of sulfonamides is 1. The molecular weight excluding hydrogens is 469 g/mol. The Bertz CT molecular complexity index is 1290. The summed E-state index contributed by atoms with van der Waals surface area (Å²) in [5, 5.41) is 0. The molecule has 0 spiro atoms. The molecule has 35 heavy (non-hydrogen) atoms. The van der Waals surface area contributed by atoms with Crippen molar-refractivity contribution in [3.8, 4) is 11.1 Å². The summed E-state index contributed by atoms with van der Waals surface area (Å²) in [4.78, 5) is 15.8. The van der Waals surface area contributed by atoms with E-state index in [0.29, 0.717) is 17.5 Å². The maximum absolute atomic E-state index is 16.4. The fraction of sp³-hybridized carbons (Fsp3) is 0.385. The molecule has 1 heterocycles. The first-order valence-electron chi connectivity index (χ1n) is 11.6. The largest absolute Gasteiger partial charge is 0.449 e. The van der Waals surface area contributed by atoms with E-state index in [9.17, 15) is 13.2 Å². The average molecular weight is 502 g/mol. The first kappa shape index (κ1) is 26.4. The molecule has 0 saturated heterocycles. The van der Waals surface area contributed by atoms with Gasteiger partial charge >= 0.3 is 6.09 Å². The van der Waals surface area contributed by atoms with Crippen LogP contribution in [0.15, 0.2) is 53.7 Å². The summed E-state index contributed by atoms with van der Waals surface area (Å²) in [6.07, 6.45) is 2.79. The van der Waals surface area contributed by atoms with Crippen LogP contribution in [0.3, 0.4) is 0 Å². The van der Waals surface area contributed by atoms with Gasteiger partial charge < -0.3 is 9.30 Å². The van der Waals surface area contributed by atoms with Crippen LogP contribution in [0.5, 0.6) is 0 Å². The minimum Gasteiger partial charge on any atom is -0.449 e.